The van der Waals surface area contributed by atoms with E-state index in [1.54, 1.807) is 19.6 Å². The van der Waals surface area contributed by atoms with Crippen LogP contribution in [-0.2, 0) is 4.74 Å². The van der Waals surface area contributed by atoms with E-state index in [1.165, 1.54) is 11.3 Å². The molecular weight excluding hydrogens is 400 g/mol. The molecule has 1 saturated heterocycles. The molecule has 1 amide bonds. The smallest absolute Gasteiger partial charge is 0.273 e. The van der Waals surface area contributed by atoms with Gasteiger partial charge in [0.25, 0.3) is 5.91 Å². The van der Waals surface area contributed by atoms with Crippen LogP contribution in [0.2, 0.25) is 0 Å². The number of methoxy groups -OCH3 is 2. The third kappa shape index (κ3) is 4.04. The number of para-hydroxylation sites is 1. The first-order chi connectivity index (χ1) is 14.6. The Balaban J connectivity index is 1.57. The molecule has 0 spiro atoms. The molecule has 0 N–H and O–H groups in total. The minimum Gasteiger partial charge on any atom is -0.493 e. The molecule has 30 heavy (non-hydrogen) atoms. The van der Waals surface area contributed by atoms with E-state index in [0.29, 0.717) is 30.3 Å². The minimum atomic E-state index is -0.143. The summed E-state index contributed by atoms with van der Waals surface area (Å²) in [7, 11) is 3.20. The Morgan fingerprint density at radius 1 is 1.10 bits per heavy atom. The SMILES string of the molecule is COc1cccc(-c2nc(C(=O)N3C[C@@H](c4ccccc4)O[C@@H](C)C3)cs2)c1OC. The zero-order chi connectivity index (χ0) is 21.1. The lowest BCUT2D eigenvalue weighted by molar-refractivity contribution is -0.0692. The number of benzene rings is 2. The standard InChI is InChI=1S/C23H24N2O4S/c1-15-12-25(13-20(29-15)16-8-5-4-6-9-16)23(26)18-14-30-22(24-18)17-10-7-11-19(27-2)21(17)28-3/h4-11,14-15,20H,12-13H2,1-3H3/t15-,20-/m0/s1. The van der Waals surface area contributed by atoms with Gasteiger partial charge in [-0.05, 0) is 24.6 Å². The number of carbonyl (C=O) groups excluding carboxylic acids is 1. The molecule has 2 heterocycles. The summed E-state index contributed by atoms with van der Waals surface area (Å²) in [4.78, 5) is 19.6. The van der Waals surface area contributed by atoms with Gasteiger partial charge in [0.2, 0.25) is 0 Å². The summed E-state index contributed by atoms with van der Waals surface area (Å²) >= 11 is 1.42. The van der Waals surface area contributed by atoms with Gasteiger partial charge in [-0.25, -0.2) is 4.98 Å². The first kappa shape index (κ1) is 20.4. The lowest BCUT2D eigenvalue weighted by Crippen LogP contribution is -2.46. The van der Waals surface area contributed by atoms with Crippen molar-refractivity contribution in [2.75, 3.05) is 27.3 Å². The van der Waals surface area contributed by atoms with Gasteiger partial charge in [0.15, 0.2) is 11.5 Å². The zero-order valence-corrected chi connectivity index (χ0v) is 18.0. The molecule has 0 bridgehead atoms. The molecule has 2 aromatic carbocycles. The molecule has 4 rings (SSSR count). The van der Waals surface area contributed by atoms with E-state index in [0.717, 1.165) is 16.1 Å². The van der Waals surface area contributed by atoms with Crippen molar-refractivity contribution in [3.63, 3.8) is 0 Å². The Morgan fingerprint density at radius 3 is 2.63 bits per heavy atom. The molecule has 1 aliphatic rings. The zero-order valence-electron chi connectivity index (χ0n) is 17.2. The van der Waals surface area contributed by atoms with Gasteiger partial charge in [-0.1, -0.05) is 36.4 Å². The lowest BCUT2D eigenvalue weighted by atomic mass is 10.1. The summed E-state index contributed by atoms with van der Waals surface area (Å²) in [6, 6.07) is 15.6. The average Bonchev–Trinajstić information content (AvgIpc) is 3.28. The van der Waals surface area contributed by atoms with Crippen molar-refractivity contribution in [3.8, 4) is 22.1 Å². The first-order valence-electron chi connectivity index (χ1n) is 9.77. The number of rotatable bonds is 5. The van der Waals surface area contributed by atoms with Crippen molar-refractivity contribution in [1.29, 1.82) is 0 Å². The second-order valence-electron chi connectivity index (χ2n) is 7.14. The third-order valence-electron chi connectivity index (χ3n) is 5.08. The summed E-state index contributed by atoms with van der Waals surface area (Å²) < 4.78 is 17.0. The second kappa shape index (κ2) is 8.85. The Morgan fingerprint density at radius 2 is 1.90 bits per heavy atom. The van der Waals surface area contributed by atoms with Crippen LogP contribution in [0.1, 0.15) is 29.1 Å². The average molecular weight is 425 g/mol. The van der Waals surface area contributed by atoms with E-state index < -0.39 is 0 Å². The van der Waals surface area contributed by atoms with E-state index in [4.69, 9.17) is 14.2 Å². The fraction of sp³-hybridized carbons (Fsp3) is 0.304. The van der Waals surface area contributed by atoms with E-state index in [-0.39, 0.29) is 18.1 Å². The van der Waals surface area contributed by atoms with Crippen LogP contribution < -0.4 is 9.47 Å². The van der Waals surface area contributed by atoms with E-state index in [2.05, 4.69) is 4.98 Å². The number of hydrogen-bond donors (Lipinski definition) is 0. The summed E-state index contributed by atoms with van der Waals surface area (Å²) in [6.45, 7) is 3.03. The minimum absolute atomic E-state index is 0.0514. The van der Waals surface area contributed by atoms with E-state index >= 15 is 0 Å². The van der Waals surface area contributed by atoms with Crippen molar-refractivity contribution >= 4 is 17.2 Å². The summed E-state index contributed by atoms with van der Waals surface area (Å²) in [5.41, 5.74) is 2.31. The maximum absolute atomic E-state index is 13.2. The van der Waals surface area contributed by atoms with Crippen LogP contribution in [0.5, 0.6) is 11.5 Å². The van der Waals surface area contributed by atoms with Crippen LogP contribution in [-0.4, -0.2) is 49.2 Å². The van der Waals surface area contributed by atoms with Gasteiger partial charge in [0, 0.05) is 11.9 Å². The third-order valence-corrected chi connectivity index (χ3v) is 5.95. The Kier molecular flexibility index (Phi) is 6.01. The number of carbonyl (C=O) groups is 1. The topological polar surface area (TPSA) is 60.9 Å². The van der Waals surface area contributed by atoms with Gasteiger partial charge in [-0.3, -0.25) is 4.79 Å². The highest BCUT2D eigenvalue weighted by Crippen LogP contribution is 2.39. The molecule has 1 fully saturated rings. The summed E-state index contributed by atoms with van der Waals surface area (Å²) in [6.07, 6.45) is -0.194. The monoisotopic (exact) mass is 424 g/mol. The molecule has 0 saturated carbocycles. The fourth-order valence-corrected chi connectivity index (χ4v) is 4.50. The van der Waals surface area contributed by atoms with Crippen LogP contribution in [0.15, 0.2) is 53.9 Å². The van der Waals surface area contributed by atoms with Crippen molar-refractivity contribution in [2.24, 2.45) is 0 Å². The lowest BCUT2D eigenvalue weighted by Gasteiger charge is -2.36. The Bertz CT molecular complexity index is 1020. The normalized spacial score (nSPS) is 18.8. The fourth-order valence-electron chi connectivity index (χ4n) is 3.68. The molecule has 6 nitrogen and oxygen atoms in total. The second-order valence-corrected chi connectivity index (χ2v) is 7.99. The van der Waals surface area contributed by atoms with Gasteiger partial charge in [0.1, 0.15) is 16.8 Å². The van der Waals surface area contributed by atoms with Crippen molar-refractivity contribution in [3.05, 3.63) is 65.2 Å². The Labute approximate surface area is 180 Å². The van der Waals surface area contributed by atoms with Crippen LogP contribution in [0, 0.1) is 0 Å². The molecule has 3 aromatic rings. The van der Waals surface area contributed by atoms with Crippen LogP contribution >= 0.6 is 11.3 Å². The highest BCUT2D eigenvalue weighted by atomic mass is 32.1. The molecule has 1 aromatic heterocycles. The van der Waals surface area contributed by atoms with Gasteiger partial charge in [0.05, 0.1) is 32.4 Å². The van der Waals surface area contributed by atoms with Gasteiger partial charge in [-0.15, -0.1) is 11.3 Å². The number of morpholine rings is 1. The van der Waals surface area contributed by atoms with Crippen LogP contribution in [0.4, 0.5) is 0 Å². The van der Waals surface area contributed by atoms with Crippen LogP contribution in [0.3, 0.4) is 0 Å². The largest absolute Gasteiger partial charge is 0.493 e. The predicted molar refractivity (Wildman–Crippen MR) is 116 cm³/mol. The van der Waals surface area contributed by atoms with Crippen molar-refractivity contribution in [2.45, 2.75) is 19.1 Å². The highest BCUT2D eigenvalue weighted by Gasteiger charge is 2.31. The maximum Gasteiger partial charge on any atom is 0.273 e. The number of thiazole rings is 1. The molecular formula is C23H24N2O4S. The van der Waals surface area contributed by atoms with E-state index in [1.807, 2.05) is 60.4 Å². The van der Waals surface area contributed by atoms with Crippen molar-refractivity contribution in [1.82, 2.24) is 9.88 Å². The first-order valence-corrected chi connectivity index (χ1v) is 10.6. The molecule has 0 aliphatic carbocycles. The summed E-state index contributed by atoms with van der Waals surface area (Å²) in [5.74, 6) is 1.15. The molecule has 0 radical (unpaired) electrons. The van der Waals surface area contributed by atoms with Gasteiger partial charge >= 0.3 is 0 Å². The van der Waals surface area contributed by atoms with Crippen LogP contribution in [0.25, 0.3) is 10.6 Å². The van der Waals surface area contributed by atoms with Crippen molar-refractivity contribution < 1.29 is 19.0 Å². The maximum atomic E-state index is 13.2. The number of amides is 1. The number of hydrogen-bond acceptors (Lipinski definition) is 6. The molecule has 7 heteroatoms. The quantitative estimate of drug-likeness (QED) is 0.606. The molecule has 2 atom stereocenters. The number of nitrogens with zero attached hydrogens (tertiary/aromatic N) is 2. The predicted octanol–water partition coefficient (Wildman–Crippen LogP) is 4.43. The number of ether oxygens (including phenoxy) is 3. The van der Waals surface area contributed by atoms with Gasteiger partial charge in [-0.2, -0.15) is 0 Å². The van der Waals surface area contributed by atoms with Gasteiger partial charge < -0.3 is 19.1 Å². The molecule has 1 aliphatic heterocycles. The molecule has 156 valence electrons. The Hall–Kier alpha value is -2.90. The van der Waals surface area contributed by atoms with E-state index in [9.17, 15) is 4.79 Å². The highest BCUT2D eigenvalue weighted by molar-refractivity contribution is 7.13. The number of aromatic nitrogens is 1. The summed E-state index contributed by atoms with van der Waals surface area (Å²) in [5, 5.41) is 2.52. The molecule has 0 unspecified atom stereocenters.